The predicted octanol–water partition coefficient (Wildman–Crippen LogP) is 1.05. The number of carbonyl (C=O) groups excluding carboxylic acids is 1. The van der Waals surface area contributed by atoms with Gasteiger partial charge in [-0.25, -0.2) is 0 Å². The van der Waals surface area contributed by atoms with Crippen LogP contribution >= 0.6 is 0 Å². The average molecular weight is 310 g/mol. The summed E-state index contributed by atoms with van der Waals surface area (Å²) in [7, 11) is 0. The summed E-state index contributed by atoms with van der Waals surface area (Å²) >= 11 is 0. The van der Waals surface area contributed by atoms with Gasteiger partial charge in [0.05, 0.1) is 5.54 Å². The molecule has 0 saturated carbocycles. The first-order valence-corrected chi connectivity index (χ1v) is 8.49. The van der Waals surface area contributed by atoms with E-state index in [1.54, 1.807) is 0 Å². The zero-order valence-electron chi connectivity index (χ0n) is 15.4. The van der Waals surface area contributed by atoms with Crippen molar-refractivity contribution in [2.75, 3.05) is 32.7 Å². The minimum Gasteiger partial charge on any atom is -0.338 e. The van der Waals surface area contributed by atoms with Crippen molar-refractivity contribution in [2.24, 2.45) is 0 Å². The van der Waals surface area contributed by atoms with Crippen LogP contribution in [-0.2, 0) is 4.79 Å². The van der Waals surface area contributed by atoms with E-state index in [4.69, 9.17) is 0 Å². The maximum atomic E-state index is 12.6. The summed E-state index contributed by atoms with van der Waals surface area (Å²) in [5.74, 6) is 0.217. The van der Waals surface area contributed by atoms with Crippen molar-refractivity contribution in [2.45, 2.75) is 71.1 Å². The van der Waals surface area contributed by atoms with E-state index in [9.17, 15) is 4.79 Å². The second-order valence-corrected chi connectivity index (χ2v) is 9.02. The molecule has 2 aliphatic heterocycles. The van der Waals surface area contributed by atoms with Crippen molar-refractivity contribution < 1.29 is 4.79 Å². The lowest BCUT2D eigenvalue weighted by Crippen LogP contribution is -2.70. The maximum absolute atomic E-state index is 12.6. The average Bonchev–Trinajstić information content (AvgIpc) is 2.28. The molecule has 0 aliphatic carbocycles. The molecular formula is C17H34N4O. The summed E-state index contributed by atoms with van der Waals surface area (Å²) in [5, 5.41) is 7.08. The monoisotopic (exact) mass is 310 g/mol. The molecule has 0 aromatic rings. The molecule has 2 heterocycles. The van der Waals surface area contributed by atoms with Gasteiger partial charge in [0.1, 0.15) is 0 Å². The second-order valence-electron chi connectivity index (χ2n) is 9.02. The summed E-state index contributed by atoms with van der Waals surface area (Å²) in [6.45, 7) is 19.7. The van der Waals surface area contributed by atoms with Crippen LogP contribution in [0.3, 0.4) is 0 Å². The highest BCUT2D eigenvalue weighted by Crippen LogP contribution is 2.22. The van der Waals surface area contributed by atoms with Crippen LogP contribution in [0.1, 0.15) is 48.5 Å². The third-order valence-corrected chi connectivity index (χ3v) is 4.53. The lowest BCUT2D eigenvalue weighted by atomic mass is 9.90. The Morgan fingerprint density at radius 2 is 1.68 bits per heavy atom. The van der Waals surface area contributed by atoms with Crippen LogP contribution in [0.2, 0.25) is 0 Å². The Labute approximate surface area is 135 Å². The van der Waals surface area contributed by atoms with Gasteiger partial charge in [-0.1, -0.05) is 0 Å². The van der Waals surface area contributed by atoms with E-state index in [1.807, 2.05) is 18.7 Å². The summed E-state index contributed by atoms with van der Waals surface area (Å²) in [6.07, 6.45) is 0. The van der Waals surface area contributed by atoms with Gasteiger partial charge in [-0.3, -0.25) is 15.0 Å². The number of amides is 1. The first-order valence-electron chi connectivity index (χ1n) is 8.49. The molecule has 2 saturated heterocycles. The van der Waals surface area contributed by atoms with E-state index < -0.39 is 5.54 Å². The number of rotatable bonds is 3. The minimum absolute atomic E-state index is 0.0343. The van der Waals surface area contributed by atoms with Crippen LogP contribution < -0.4 is 10.6 Å². The van der Waals surface area contributed by atoms with Crippen molar-refractivity contribution in [3.63, 3.8) is 0 Å². The molecule has 128 valence electrons. The highest BCUT2D eigenvalue weighted by molar-refractivity contribution is 5.86. The first-order chi connectivity index (χ1) is 9.90. The second kappa shape index (κ2) is 5.77. The molecule has 5 nitrogen and oxygen atoms in total. The third-order valence-electron chi connectivity index (χ3n) is 4.53. The van der Waals surface area contributed by atoms with Crippen LogP contribution in [0.15, 0.2) is 0 Å². The highest BCUT2D eigenvalue weighted by atomic mass is 16.2. The van der Waals surface area contributed by atoms with Crippen molar-refractivity contribution in [1.82, 2.24) is 20.4 Å². The molecule has 0 spiro atoms. The van der Waals surface area contributed by atoms with E-state index in [2.05, 4.69) is 50.2 Å². The van der Waals surface area contributed by atoms with Crippen LogP contribution in [0.4, 0.5) is 0 Å². The number of nitrogens with zero attached hydrogens (tertiary/aromatic N) is 2. The van der Waals surface area contributed by atoms with Gasteiger partial charge in [-0.2, -0.15) is 0 Å². The Kier molecular flexibility index (Phi) is 4.64. The number of hydrogen-bond acceptors (Lipinski definition) is 4. The SMILES string of the molecule is CC1CN(CCN2CC(C)(C)NC(C)(C)C2=O)CC(C)(C)N1. The normalized spacial score (nSPS) is 31.3. The fraction of sp³-hybridized carbons (Fsp3) is 0.941. The van der Waals surface area contributed by atoms with Gasteiger partial charge in [0, 0.05) is 49.8 Å². The van der Waals surface area contributed by atoms with Gasteiger partial charge >= 0.3 is 0 Å². The Bertz CT molecular complexity index is 430. The number of piperazine rings is 2. The molecule has 2 fully saturated rings. The van der Waals surface area contributed by atoms with Crippen molar-refractivity contribution in [3.8, 4) is 0 Å². The van der Waals surface area contributed by atoms with Gasteiger partial charge in [-0.15, -0.1) is 0 Å². The molecule has 1 atom stereocenters. The van der Waals surface area contributed by atoms with Crippen molar-refractivity contribution >= 4 is 5.91 Å². The smallest absolute Gasteiger partial charge is 0.242 e. The number of carbonyl (C=O) groups is 1. The fourth-order valence-electron chi connectivity index (χ4n) is 4.27. The zero-order valence-corrected chi connectivity index (χ0v) is 15.4. The van der Waals surface area contributed by atoms with Gasteiger partial charge in [0.15, 0.2) is 0 Å². The summed E-state index contributed by atoms with van der Waals surface area (Å²) in [6, 6.07) is 0.496. The van der Waals surface area contributed by atoms with Crippen molar-refractivity contribution in [1.29, 1.82) is 0 Å². The summed E-state index contributed by atoms with van der Waals surface area (Å²) in [5.41, 5.74) is -0.366. The standard InChI is InChI=1S/C17H34N4O/c1-13-10-20(11-15(2,3)18-13)8-9-21-12-16(4,5)19-17(6,7)14(21)22/h13,18-19H,8-12H2,1-7H3. The molecule has 2 N–H and O–H groups in total. The quantitative estimate of drug-likeness (QED) is 0.818. The van der Waals surface area contributed by atoms with Crippen LogP contribution in [0, 0.1) is 0 Å². The lowest BCUT2D eigenvalue weighted by Gasteiger charge is -2.48. The highest BCUT2D eigenvalue weighted by Gasteiger charge is 2.43. The van der Waals surface area contributed by atoms with E-state index in [1.165, 1.54) is 0 Å². The molecule has 0 aromatic heterocycles. The number of hydrogen-bond donors (Lipinski definition) is 2. The third kappa shape index (κ3) is 4.21. The molecule has 22 heavy (non-hydrogen) atoms. The van der Waals surface area contributed by atoms with Crippen LogP contribution in [0.5, 0.6) is 0 Å². The minimum atomic E-state index is -0.474. The summed E-state index contributed by atoms with van der Waals surface area (Å²) in [4.78, 5) is 17.2. The van der Waals surface area contributed by atoms with E-state index >= 15 is 0 Å². The van der Waals surface area contributed by atoms with Gasteiger partial charge in [0.25, 0.3) is 0 Å². The maximum Gasteiger partial charge on any atom is 0.242 e. The first kappa shape index (κ1) is 17.7. The molecule has 0 radical (unpaired) electrons. The van der Waals surface area contributed by atoms with E-state index in [0.29, 0.717) is 6.04 Å². The summed E-state index contributed by atoms with van der Waals surface area (Å²) < 4.78 is 0. The predicted molar refractivity (Wildman–Crippen MR) is 91.0 cm³/mol. The van der Waals surface area contributed by atoms with E-state index in [-0.39, 0.29) is 17.0 Å². The molecule has 2 aliphatic rings. The Balaban J connectivity index is 1.97. The van der Waals surface area contributed by atoms with E-state index in [0.717, 1.165) is 32.7 Å². The number of nitrogens with one attached hydrogen (secondary N) is 2. The molecule has 1 amide bonds. The van der Waals surface area contributed by atoms with Gasteiger partial charge < -0.3 is 10.2 Å². The van der Waals surface area contributed by atoms with Crippen LogP contribution in [0.25, 0.3) is 0 Å². The molecule has 0 bridgehead atoms. The Morgan fingerprint density at radius 1 is 1.05 bits per heavy atom. The molecule has 5 heteroatoms. The van der Waals surface area contributed by atoms with Crippen LogP contribution in [-0.4, -0.2) is 71.1 Å². The van der Waals surface area contributed by atoms with Gasteiger partial charge in [0.2, 0.25) is 5.91 Å². The van der Waals surface area contributed by atoms with Gasteiger partial charge in [-0.05, 0) is 48.5 Å². The Hall–Kier alpha value is -0.650. The molecule has 2 rings (SSSR count). The lowest BCUT2D eigenvalue weighted by molar-refractivity contribution is -0.143. The molecular weight excluding hydrogens is 276 g/mol. The van der Waals surface area contributed by atoms with Crippen molar-refractivity contribution in [3.05, 3.63) is 0 Å². The molecule has 1 unspecified atom stereocenters. The largest absolute Gasteiger partial charge is 0.338 e. The fourth-order valence-corrected chi connectivity index (χ4v) is 4.27. The molecule has 0 aromatic carbocycles. The Morgan fingerprint density at radius 3 is 2.27 bits per heavy atom. The zero-order chi connectivity index (χ0) is 16.8. The topological polar surface area (TPSA) is 47.6 Å².